The number of aliphatic hydroxyl groups is 1. The van der Waals surface area contributed by atoms with E-state index in [1.807, 2.05) is 0 Å². The molecule has 1 aromatic rings. The highest BCUT2D eigenvalue weighted by Gasteiger charge is 2.22. The molecule has 2 aliphatic rings. The van der Waals surface area contributed by atoms with Crippen LogP contribution in [-0.2, 0) is 27.9 Å². The summed E-state index contributed by atoms with van der Waals surface area (Å²) < 4.78 is 11.2. The summed E-state index contributed by atoms with van der Waals surface area (Å²) in [6.45, 7) is 11.4. The molecule has 2 heterocycles. The average Bonchev–Trinajstić information content (AvgIpc) is 2.59. The van der Waals surface area contributed by atoms with Crippen molar-refractivity contribution >= 4 is 0 Å². The fraction of sp³-hybridized carbons (Fsp3) is 0.714. The summed E-state index contributed by atoms with van der Waals surface area (Å²) in [7, 11) is 0. The minimum Gasteiger partial charge on any atom is -0.389 e. The minimum atomic E-state index is -0.421. The van der Waals surface area contributed by atoms with Crippen molar-refractivity contribution in [2.24, 2.45) is 0 Å². The van der Waals surface area contributed by atoms with Gasteiger partial charge < -0.3 is 14.6 Å². The third kappa shape index (κ3) is 5.27. The van der Waals surface area contributed by atoms with E-state index in [9.17, 15) is 5.11 Å². The Morgan fingerprint density at radius 3 is 2.72 bits per heavy atom. The van der Waals surface area contributed by atoms with E-state index in [1.165, 1.54) is 16.7 Å². The Morgan fingerprint density at radius 2 is 2.00 bits per heavy atom. The third-order valence-electron chi connectivity index (χ3n) is 5.33. The average molecular weight is 347 g/mol. The van der Waals surface area contributed by atoms with Crippen LogP contribution in [0.15, 0.2) is 18.2 Å². The molecule has 140 valence electrons. The van der Waals surface area contributed by atoms with Crippen LogP contribution in [0.1, 0.15) is 50.3 Å². The smallest absolute Gasteiger partial charge is 0.0900 e. The quantitative estimate of drug-likeness (QED) is 0.889. The van der Waals surface area contributed by atoms with Gasteiger partial charge in [-0.05, 0) is 41.4 Å². The molecule has 1 N–H and O–H groups in total. The number of ether oxygens (including phenoxy) is 2. The minimum absolute atomic E-state index is 0.175. The van der Waals surface area contributed by atoms with E-state index < -0.39 is 6.10 Å². The summed E-state index contributed by atoms with van der Waals surface area (Å²) in [4.78, 5) is 2.35. The van der Waals surface area contributed by atoms with Crippen molar-refractivity contribution in [2.75, 3.05) is 32.9 Å². The Balaban J connectivity index is 1.51. The normalized spacial score (nSPS) is 21.1. The lowest BCUT2D eigenvalue weighted by Crippen LogP contribution is -2.39. The Bertz CT molecular complexity index is 561. The lowest BCUT2D eigenvalue weighted by atomic mass is 9.84. The molecule has 3 rings (SSSR count). The first-order valence-corrected chi connectivity index (χ1v) is 9.64. The van der Waals surface area contributed by atoms with Crippen LogP contribution in [-0.4, -0.2) is 55.1 Å². The maximum Gasteiger partial charge on any atom is 0.0900 e. The molecule has 0 saturated carbocycles. The second-order valence-electron chi connectivity index (χ2n) is 8.52. The number of hydrogen-bond donors (Lipinski definition) is 1. The van der Waals surface area contributed by atoms with Crippen molar-refractivity contribution in [3.05, 3.63) is 34.9 Å². The van der Waals surface area contributed by atoms with Gasteiger partial charge in [-0.2, -0.15) is 0 Å². The molecule has 0 aliphatic carbocycles. The lowest BCUT2D eigenvalue weighted by molar-refractivity contribution is -0.0647. The molecule has 2 aliphatic heterocycles. The van der Waals surface area contributed by atoms with Crippen LogP contribution < -0.4 is 0 Å². The van der Waals surface area contributed by atoms with Gasteiger partial charge in [-0.1, -0.05) is 39.0 Å². The Kier molecular flexibility index (Phi) is 6.16. The number of benzene rings is 1. The molecule has 0 unspecified atom stereocenters. The zero-order valence-corrected chi connectivity index (χ0v) is 16.0. The predicted octanol–water partition coefficient (Wildman–Crippen LogP) is 2.90. The topological polar surface area (TPSA) is 41.9 Å². The van der Waals surface area contributed by atoms with E-state index in [2.05, 4.69) is 43.9 Å². The van der Waals surface area contributed by atoms with Gasteiger partial charge in [0, 0.05) is 32.8 Å². The number of β-amino-alcohol motifs (C(OH)–C–C–N with tert-alkyl or cyclic N) is 1. The summed E-state index contributed by atoms with van der Waals surface area (Å²) in [6.07, 6.45) is 2.78. The molecule has 0 aromatic heterocycles. The van der Waals surface area contributed by atoms with Crippen LogP contribution in [0.4, 0.5) is 0 Å². The van der Waals surface area contributed by atoms with Crippen LogP contribution >= 0.6 is 0 Å². The second kappa shape index (κ2) is 8.17. The van der Waals surface area contributed by atoms with Crippen molar-refractivity contribution < 1.29 is 14.6 Å². The van der Waals surface area contributed by atoms with Crippen molar-refractivity contribution in [3.63, 3.8) is 0 Å². The molecular weight excluding hydrogens is 314 g/mol. The van der Waals surface area contributed by atoms with Crippen LogP contribution in [0, 0.1) is 0 Å². The summed E-state index contributed by atoms with van der Waals surface area (Å²) in [5, 5.41) is 10.4. The molecule has 0 bridgehead atoms. The van der Waals surface area contributed by atoms with E-state index >= 15 is 0 Å². The Morgan fingerprint density at radius 1 is 1.24 bits per heavy atom. The number of aliphatic hydroxyl groups excluding tert-OH is 1. The van der Waals surface area contributed by atoms with Gasteiger partial charge >= 0.3 is 0 Å². The van der Waals surface area contributed by atoms with Crippen molar-refractivity contribution in [1.29, 1.82) is 0 Å². The van der Waals surface area contributed by atoms with E-state index in [0.29, 0.717) is 13.2 Å². The monoisotopic (exact) mass is 347 g/mol. The molecule has 0 spiro atoms. The highest BCUT2D eigenvalue weighted by molar-refractivity contribution is 5.36. The van der Waals surface area contributed by atoms with Gasteiger partial charge in [0.2, 0.25) is 0 Å². The second-order valence-corrected chi connectivity index (χ2v) is 8.52. The Hall–Kier alpha value is -0.940. The van der Waals surface area contributed by atoms with Crippen LogP contribution in [0.3, 0.4) is 0 Å². The van der Waals surface area contributed by atoms with Crippen LogP contribution in [0.25, 0.3) is 0 Å². The Labute approximate surface area is 152 Å². The first kappa shape index (κ1) is 18.8. The lowest BCUT2D eigenvalue weighted by Gasteiger charge is -2.32. The van der Waals surface area contributed by atoms with Gasteiger partial charge in [-0.25, -0.2) is 0 Å². The van der Waals surface area contributed by atoms with Crippen molar-refractivity contribution in [2.45, 2.75) is 64.2 Å². The van der Waals surface area contributed by atoms with E-state index in [4.69, 9.17) is 9.47 Å². The molecule has 4 nitrogen and oxygen atoms in total. The highest BCUT2D eigenvalue weighted by Crippen LogP contribution is 2.27. The van der Waals surface area contributed by atoms with Crippen LogP contribution in [0.5, 0.6) is 0 Å². The number of hydrogen-bond acceptors (Lipinski definition) is 4. The summed E-state index contributed by atoms with van der Waals surface area (Å²) in [6, 6.07) is 6.91. The summed E-state index contributed by atoms with van der Waals surface area (Å²) in [5.74, 6) is 0. The van der Waals surface area contributed by atoms with E-state index in [0.717, 1.165) is 45.6 Å². The summed E-state index contributed by atoms with van der Waals surface area (Å²) in [5.41, 5.74) is 4.43. The molecular formula is C21H33NO3. The van der Waals surface area contributed by atoms with E-state index in [-0.39, 0.29) is 11.5 Å². The molecule has 0 amide bonds. The largest absolute Gasteiger partial charge is 0.389 e. The van der Waals surface area contributed by atoms with Gasteiger partial charge in [0.1, 0.15) is 0 Å². The molecule has 1 saturated heterocycles. The van der Waals surface area contributed by atoms with Gasteiger partial charge in [0.05, 0.1) is 18.8 Å². The molecule has 1 aromatic carbocycles. The van der Waals surface area contributed by atoms with Crippen LogP contribution in [0.2, 0.25) is 0 Å². The maximum absolute atomic E-state index is 10.4. The third-order valence-corrected chi connectivity index (χ3v) is 5.33. The van der Waals surface area contributed by atoms with Crippen molar-refractivity contribution in [3.8, 4) is 0 Å². The first-order valence-electron chi connectivity index (χ1n) is 9.64. The van der Waals surface area contributed by atoms with Crippen molar-refractivity contribution in [1.82, 2.24) is 4.90 Å². The number of rotatable bonds is 5. The van der Waals surface area contributed by atoms with E-state index in [1.54, 1.807) is 0 Å². The maximum atomic E-state index is 10.4. The SMILES string of the molecule is CC(C)(C)c1ccc2c(c1)CN(C[C@@H](O)COC1CCOCC1)CC2. The number of nitrogens with zero attached hydrogens (tertiary/aromatic N) is 1. The highest BCUT2D eigenvalue weighted by atomic mass is 16.5. The molecule has 4 heteroatoms. The molecule has 25 heavy (non-hydrogen) atoms. The zero-order chi connectivity index (χ0) is 17.9. The predicted molar refractivity (Wildman–Crippen MR) is 99.9 cm³/mol. The molecule has 1 atom stereocenters. The zero-order valence-electron chi connectivity index (χ0n) is 16.0. The summed E-state index contributed by atoms with van der Waals surface area (Å²) >= 11 is 0. The van der Waals surface area contributed by atoms with Gasteiger partial charge in [-0.15, -0.1) is 0 Å². The molecule has 0 radical (unpaired) electrons. The van der Waals surface area contributed by atoms with Gasteiger partial charge in [0.25, 0.3) is 0 Å². The molecule has 1 fully saturated rings. The fourth-order valence-electron chi connectivity index (χ4n) is 3.68. The fourth-order valence-corrected chi connectivity index (χ4v) is 3.68. The first-order chi connectivity index (χ1) is 11.9. The van der Waals surface area contributed by atoms with Gasteiger partial charge in [0.15, 0.2) is 0 Å². The number of fused-ring (bicyclic) bond motifs is 1. The standard InChI is InChI=1S/C21H33NO3/c1-21(2,3)18-5-4-16-6-9-22(13-17(16)12-18)14-19(23)15-25-20-7-10-24-11-8-20/h4-5,12,19-20,23H,6-11,13-15H2,1-3H3/t19-/m1/s1. The van der Waals surface area contributed by atoms with Gasteiger partial charge in [-0.3, -0.25) is 4.90 Å².